The molecule has 0 saturated heterocycles. The van der Waals surface area contributed by atoms with Gasteiger partial charge in [0.25, 0.3) is 0 Å². The molecule has 2 rings (SSSR count). The predicted molar refractivity (Wildman–Crippen MR) is 104 cm³/mol. The van der Waals surface area contributed by atoms with Crippen LogP contribution in [-0.4, -0.2) is 37.4 Å². The zero-order chi connectivity index (χ0) is 22.5. The number of rotatable bonds is 6. The van der Waals surface area contributed by atoms with Crippen molar-refractivity contribution in [3.8, 4) is 0 Å². The molecule has 0 aliphatic carbocycles. The summed E-state index contributed by atoms with van der Waals surface area (Å²) in [4.78, 5) is 25.9. The molecule has 0 spiro atoms. The SMILES string of the molecule is CN(C)C(CNC(=O)C(=O)NCc1ccc(F)cc1C(F)(F)F)c1ccc(Cl)cc1. The van der Waals surface area contributed by atoms with E-state index < -0.39 is 35.9 Å². The molecular weight excluding hydrogens is 426 g/mol. The fraction of sp³-hybridized carbons (Fsp3) is 0.300. The number of hydrogen-bond acceptors (Lipinski definition) is 3. The number of nitrogens with zero attached hydrogens (tertiary/aromatic N) is 1. The molecular formula is C20H20ClF4N3O2. The van der Waals surface area contributed by atoms with Gasteiger partial charge in [-0.05, 0) is 49.5 Å². The van der Waals surface area contributed by atoms with E-state index in [1.807, 2.05) is 4.90 Å². The van der Waals surface area contributed by atoms with E-state index in [9.17, 15) is 27.2 Å². The van der Waals surface area contributed by atoms with Crippen LogP contribution in [0.2, 0.25) is 5.02 Å². The molecule has 0 fully saturated rings. The van der Waals surface area contributed by atoms with Gasteiger partial charge in [-0.25, -0.2) is 4.39 Å². The van der Waals surface area contributed by atoms with Gasteiger partial charge in [0.15, 0.2) is 0 Å². The summed E-state index contributed by atoms with van der Waals surface area (Å²) in [7, 11) is 3.58. The second kappa shape index (κ2) is 9.90. The molecule has 30 heavy (non-hydrogen) atoms. The quantitative estimate of drug-likeness (QED) is 0.528. The van der Waals surface area contributed by atoms with E-state index in [1.54, 1.807) is 38.4 Å². The number of amides is 2. The lowest BCUT2D eigenvalue weighted by atomic mass is 10.1. The molecule has 0 aromatic heterocycles. The van der Waals surface area contributed by atoms with Gasteiger partial charge >= 0.3 is 18.0 Å². The highest BCUT2D eigenvalue weighted by Crippen LogP contribution is 2.32. The average molecular weight is 446 g/mol. The van der Waals surface area contributed by atoms with Crippen LogP contribution < -0.4 is 10.6 Å². The Hall–Kier alpha value is -2.65. The van der Waals surface area contributed by atoms with Gasteiger partial charge in [-0.3, -0.25) is 9.59 Å². The minimum absolute atomic E-state index is 0.0885. The first-order valence-electron chi connectivity index (χ1n) is 8.82. The van der Waals surface area contributed by atoms with Gasteiger partial charge in [0, 0.05) is 18.1 Å². The van der Waals surface area contributed by atoms with E-state index in [0.717, 1.165) is 17.7 Å². The van der Waals surface area contributed by atoms with Crippen molar-refractivity contribution >= 4 is 23.4 Å². The maximum absolute atomic E-state index is 13.1. The molecule has 162 valence electrons. The van der Waals surface area contributed by atoms with Crippen molar-refractivity contribution in [1.29, 1.82) is 0 Å². The largest absolute Gasteiger partial charge is 0.416 e. The Bertz CT molecular complexity index is 902. The lowest BCUT2D eigenvalue weighted by molar-refractivity contribution is -0.140. The lowest BCUT2D eigenvalue weighted by Gasteiger charge is -2.25. The van der Waals surface area contributed by atoms with Gasteiger partial charge in [-0.15, -0.1) is 0 Å². The van der Waals surface area contributed by atoms with Crippen LogP contribution in [0.1, 0.15) is 22.7 Å². The third-order valence-corrected chi connectivity index (χ3v) is 4.61. The predicted octanol–water partition coefficient (Wildman–Crippen LogP) is 3.53. The molecule has 2 aromatic carbocycles. The van der Waals surface area contributed by atoms with Crippen LogP contribution in [0.5, 0.6) is 0 Å². The van der Waals surface area contributed by atoms with Crippen molar-refractivity contribution in [3.63, 3.8) is 0 Å². The molecule has 10 heteroatoms. The summed E-state index contributed by atoms with van der Waals surface area (Å²) in [6.45, 7) is -0.485. The molecule has 1 atom stereocenters. The molecule has 0 aliphatic rings. The number of benzene rings is 2. The highest BCUT2D eigenvalue weighted by Gasteiger charge is 2.34. The molecule has 0 saturated carbocycles. The molecule has 5 nitrogen and oxygen atoms in total. The summed E-state index contributed by atoms with van der Waals surface area (Å²) in [5, 5.41) is 5.14. The summed E-state index contributed by atoms with van der Waals surface area (Å²) in [6.07, 6.45) is -4.79. The highest BCUT2D eigenvalue weighted by molar-refractivity contribution is 6.35. The minimum Gasteiger partial charge on any atom is -0.346 e. The standard InChI is InChI=1S/C20H20ClF4N3O2/c1-28(2)17(12-3-6-14(21)7-4-12)11-27-19(30)18(29)26-10-13-5-8-15(22)9-16(13)20(23,24)25/h3-9,17H,10-11H2,1-2H3,(H,26,29)(H,27,30). The molecule has 0 radical (unpaired) electrons. The van der Waals surface area contributed by atoms with Gasteiger partial charge in [-0.2, -0.15) is 13.2 Å². The Morgan fingerprint density at radius 2 is 1.63 bits per heavy atom. The zero-order valence-corrected chi connectivity index (χ0v) is 16.9. The number of halogens is 5. The Morgan fingerprint density at radius 3 is 2.20 bits per heavy atom. The first kappa shape index (κ1) is 23.6. The zero-order valence-electron chi connectivity index (χ0n) is 16.2. The first-order valence-corrected chi connectivity index (χ1v) is 9.20. The minimum atomic E-state index is -4.79. The van der Waals surface area contributed by atoms with Crippen LogP contribution in [0.25, 0.3) is 0 Å². The van der Waals surface area contributed by atoms with Crippen molar-refractivity contribution in [2.24, 2.45) is 0 Å². The van der Waals surface area contributed by atoms with Gasteiger partial charge in [-0.1, -0.05) is 29.8 Å². The van der Waals surface area contributed by atoms with Gasteiger partial charge in [0.2, 0.25) is 0 Å². The van der Waals surface area contributed by atoms with Crippen LogP contribution in [0.15, 0.2) is 42.5 Å². The molecule has 2 N–H and O–H groups in total. The summed E-state index contributed by atoms with van der Waals surface area (Å²) >= 11 is 5.87. The maximum Gasteiger partial charge on any atom is 0.416 e. The second-order valence-electron chi connectivity index (χ2n) is 6.72. The highest BCUT2D eigenvalue weighted by atomic mass is 35.5. The fourth-order valence-corrected chi connectivity index (χ4v) is 2.90. The Balaban J connectivity index is 1.98. The summed E-state index contributed by atoms with van der Waals surface area (Å²) in [5.74, 6) is -3.14. The lowest BCUT2D eigenvalue weighted by Crippen LogP contribution is -2.43. The fourth-order valence-electron chi connectivity index (χ4n) is 2.78. The summed E-state index contributed by atoms with van der Waals surface area (Å²) in [6, 6.07) is 8.82. The Labute approximate surface area is 176 Å². The van der Waals surface area contributed by atoms with Crippen molar-refractivity contribution in [2.45, 2.75) is 18.8 Å². The van der Waals surface area contributed by atoms with E-state index >= 15 is 0 Å². The van der Waals surface area contributed by atoms with Crippen LogP contribution in [0, 0.1) is 5.82 Å². The smallest absolute Gasteiger partial charge is 0.346 e. The van der Waals surface area contributed by atoms with Gasteiger partial charge < -0.3 is 15.5 Å². The number of carbonyl (C=O) groups excluding carboxylic acids is 2. The Morgan fingerprint density at radius 1 is 1.03 bits per heavy atom. The van der Waals surface area contributed by atoms with Gasteiger partial charge in [0.05, 0.1) is 11.6 Å². The number of nitrogens with one attached hydrogen (secondary N) is 2. The van der Waals surface area contributed by atoms with E-state index in [0.29, 0.717) is 11.1 Å². The van der Waals surface area contributed by atoms with E-state index in [2.05, 4.69) is 10.6 Å². The van der Waals surface area contributed by atoms with Gasteiger partial charge in [0.1, 0.15) is 5.82 Å². The Kier molecular flexibility index (Phi) is 7.80. The maximum atomic E-state index is 13.1. The van der Waals surface area contributed by atoms with Crippen molar-refractivity contribution in [3.05, 3.63) is 70.0 Å². The average Bonchev–Trinajstić information content (AvgIpc) is 2.67. The van der Waals surface area contributed by atoms with Crippen LogP contribution in [0.3, 0.4) is 0 Å². The monoisotopic (exact) mass is 445 g/mol. The second-order valence-corrected chi connectivity index (χ2v) is 7.16. The molecule has 0 heterocycles. The van der Waals surface area contributed by atoms with Crippen LogP contribution >= 0.6 is 11.6 Å². The summed E-state index contributed by atoms with van der Waals surface area (Å²) in [5.41, 5.74) is -0.706. The topological polar surface area (TPSA) is 61.4 Å². The van der Waals surface area contributed by atoms with E-state index in [-0.39, 0.29) is 18.2 Å². The third kappa shape index (κ3) is 6.43. The third-order valence-electron chi connectivity index (χ3n) is 4.36. The van der Waals surface area contributed by atoms with Crippen molar-refractivity contribution < 1.29 is 27.2 Å². The molecule has 0 aliphatic heterocycles. The molecule has 2 amide bonds. The number of carbonyl (C=O) groups is 2. The molecule has 2 aromatic rings. The number of likely N-dealkylation sites (N-methyl/N-ethyl adjacent to an activating group) is 1. The normalized spacial score (nSPS) is 12.5. The molecule has 1 unspecified atom stereocenters. The van der Waals surface area contributed by atoms with E-state index in [4.69, 9.17) is 11.6 Å². The van der Waals surface area contributed by atoms with Crippen molar-refractivity contribution in [2.75, 3.05) is 20.6 Å². The van der Waals surface area contributed by atoms with Crippen molar-refractivity contribution in [1.82, 2.24) is 15.5 Å². The van der Waals surface area contributed by atoms with Crippen LogP contribution in [-0.2, 0) is 22.3 Å². The number of alkyl halides is 3. The van der Waals surface area contributed by atoms with Crippen LogP contribution in [0.4, 0.5) is 17.6 Å². The first-order chi connectivity index (χ1) is 14.0. The molecule has 0 bridgehead atoms. The summed E-state index contributed by atoms with van der Waals surface area (Å²) < 4.78 is 52.2. The number of hydrogen-bond donors (Lipinski definition) is 2. The van der Waals surface area contributed by atoms with E-state index in [1.165, 1.54) is 0 Å².